The van der Waals surface area contributed by atoms with Crippen molar-refractivity contribution in [1.82, 2.24) is 14.9 Å². The maximum Gasteiger partial charge on any atom is 0.205 e. The molecule has 0 saturated heterocycles. The number of anilines is 1. The third kappa shape index (κ3) is 3.52. The summed E-state index contributed by atoms with van der Waals surface area (Å²) in [6.07, 6.45) is 4.57. The number of aryl methyl sites for hydroxylation is 2. The Morgan fingerprint density at radius 3 is 2.88 bits per heavy atom. The zero-order valence-corrected chi connectivity index (χ0v) is 11.0. The summed E-state index contributed by atoms with van der Waals surface area (Å²) in [6.45, 7) is 7.30. The average Bonchev–Trinajstić information content (AvgIpc) is 2.64. The molecule has 0 radical (unpaired) electrons. The van der Waals surface area contributed by atoms with Crippen LogP contribution in [-0.2, 0) is 6.54 Å². The largest absolute Gasteiger partial charge is 0.344 e. The third-order valence-corrected chi connectivity index (χ3v) is 2.67. The molecular formula is C12H24N4. The van der Waals surface area contributed by atoms with Gasteiger partial charge in [0.25, 0.3) is 0 Å². The van der Waals surface area contributed by atoms with E-state index in [0.717, 1.165) is 31.3 Å². The third-order valence-electron chi connectivity index (χ3n) is 2.67. The van der Waals surface area contributed by atoms with Gasteiger partial charge in [-0.25, -0.2) is 4.98 Å². The number of nitrogens with one attached hydrogen (secondary N) is 1. The van der Waals surface area contributed by atoms with Crippen molar-refractivity contribution in [2.75, 3.05) is 32.1 Å². The number of imidazole rings is 1. The van der Waals surface area contributed by atoms with E-state index in [0.29, 0.717) is 0 Å². The number of aromatic nitrogens is 2. The highest BCUT2D eigenvalue weighted by atomic mass is 15.3. The van der Waals surface area contributed by atoms with Gasteiger partial charge in [0.05, 0.1) is 5.69 Å². The fourth-order valence-electron chi connectivity index (χ4n) is 1.71. The Morgan fingerprint density at radius 1 is 1.50 bits per heavy atom. The number of rotatable bonds is 7. The fraction of sp³-hybridized carbons (Fsp3) is 0.750. The molecule has 0 aliphatic heterocycles. The molecular weight excluding hydrogens is 200 g/mol. The molecule has 1 heterocycles. The highest BCUT2D eigenvalue weighted by Crippen LogP contribution is 2.13. The predicted molar refractivity (Wildman–Crippen MR) is 69.1 cm³/mol. The topological polar surface area (TPSA) is 33.1 Å². The molecule has 1 aromatic heterocycles. The SMILES string of the molecule is CCCCn1cc(C)nc1N(C)CCNC. The Bertz CT molecular complexity index is 306. The predicted octanol–water partition coefficient (Wildman–Crippen LogP) is 1.65. The Morgan fingerprint density at radius 2 is 2.25 bits per heavy atom. The Labute approximate surface area is 98.7 Å². The van der Waals surface area contributed by atoms with Gasteiger partial charge in [-0.2, -0.15) is 0 Å². The van der Waals surface area contributed by atoms with E-state index < -0.39 is 0 Å². The van der Waals surface area contributed by atoms with Crippen molar-refractivity contribution in [2.24, 2.45) is 0 Å². The standard InChI is InChI=1S/C12H24N4/c1-5-6-8-16-10-11(2)14-12(16)15(4)9-7-13-3/h10,13H,5-9H2,1-4H3. The minimum atomic E-state index is 0.982. The number of likely N-dealkylation sites (N-methyl/N-ethyl adjacent to an activating group) is 2. The smallest absolute Gasteiger partial charge is 0.205 e. The van der Waals surface area contributed by atoms with Crippen LogP contribution in [0.2, 0.25) is 0 Å². The summed E-state index contributed by atoms with van der Waals surface area (Å²) in [5.41, 5.74) is 1.10. The summed E-state index contributed by atoms with van der Waals surface area (Å²) in [7, 11) is 4.07. The molecule has 0 aromatic carbocycles. The molecule has 4 nitrogen and oxygen atoms in total. The minimum Gasteiger partial charge on any atom is -0.344 e. The van der Waals surface area contributed by atoms with E-state index in [1.165, 1.54) is 12.8 Å². The van der Waals surface area contributed by atoms with Gasteiger partial charge in [-0.1, -0.05) is 13.3 Å². The lowest BCUT2D eigenvalue weighted by Crippen LogP contribution is -2.29. The van der Waals surface area contributed by atoms with E-state index >= 15 is 0 Å². The van der Waals surface area contributed by atoms with Crippen molar-refractivity contribution in [3.63, 3.8) is 0 Å². The second kappa shape index (κ2) is 6.53. The van der Waals surface area contributed by atoms with Crippen LogP contribution in [-0.4, -0.2) is 36.7 Å². The summed E-state index contributed by atoms with van der Waals surface area (Å²) in [5, 5.41) is 3.16. The number of unbranched alkanes of at least 4 members (excludes halogenated alkanes) is 1. The summed E-state index contributed by atoms with van der Waals surface area (Å²) in [6, 6.07) is 0. The fourth-order valence-corrected chi connectivity index (χ4v) is 1.71. The second-order valence-electron chi connectivity index (χ2n) is 4.25. The van der Waals surface area contributed by atoms with Gasteiger partial charge in [0.15, 0.2) is 0 Å². The molecule has 0 aliphatic carbocycles. The molecule has 0 bridgehead atoms. The molecule has 0 unspecified atom stereocenters. The van der Waals surface area contributed by atoms with Gasteiger partial charge in [0.1, 0.15) is 0 Å². The highest BCUT2D eigenvalue weighted by molar-refractivity contribution is 5.32. The monoisotopic (exact) mass is 224 g/mol. The molecule has 0 amide bonds. The lowest BCUT2D eigenvalue weighted by atomic mass is 10.3. The second-order valence-corrected chi connectivity index (χ2v) is 4.25. The van der Waals surface area contributed by atoms with Crippen LogP contribution in [0.5, 0.6) is 0 Å². The highest BCUT2D eigenvalue weighted by Gasteiger charge is 2.09. The first-order valence-electron chi connectivity index (χ1n) is 6.08. The van der Waals surface area contributed by atoms with Crippen molar-refractivity contribution in [3.05, 3.63) is 11.9 Å². The summed E-state index contributed by atoms with van der Waals surface area (Å²) in [4.78, 5) is 6.78. The van der Waals surface area contributed by atoms with Crippen molar-refractivity contribution in [2.45, 2.75) is 33.2 Å². The minimum absolute atomic E-state index is 0.982. The van der Waals surface area contributed by atoms with E-state index in [-0.39, 0.29) is 0 Å². The van der Waals surface area contributed by atoms with Gasteiger partial charge >= 0.3 is 0 Å². The maximum atomic E-state index is 4.58. The first-order valence-corrected chi connectivity index (χ1v) is 6.08. The van der Waals surface area contributed by atoms with Crippen LogP contribution >= 0.6 is 0 Å². The maximum absolute atomic E-state index is 4.58. The summed E-state index contributed by atoms with van der Waals surface area (Å²) >= 11 is 0. The Balaban J connectivity index is 2.68. The van der Waals surface area contributed by atoms with Crippen molar-refractivity contribution >= 4 is 5.95 Å². The van der Waals surface area contributed by atoms with Gasteiger partial charge in [-0.15, -0.1) is 0 Å². The molecule has 0 spiro atoms. The molecule has 1 rings (SSSR count). The number of hydrogen-bond acceptors (Lipinski definition) is 3. The van der Waals surface area contributed by atoms with E-state index in [4.69, 9.17) is 0 Å². The van der Waals surface area contributed by atoms with Crippen LogP contribution in [0.25, 0.3) is 0 Å². The summed E-state index contributed by atoms with van der Waals surface area (Å²) < 4.78 is 2.26. The zero-order chi connectivity index (χ0) is 12.0. The van der Waals surface area contributed by atoms with Crippen LogP contribution in [0.15, 0.2) is 6.20 Å². The molecule has 1 aromatic rings. The van der Waals surface area contributed by atoms with Crippen molar-refractivity contribution in [3.8, 4) is 0 Å². The molecule has 1 N–H and O–H groups in total. The first kappa shape index (κ1) is 13.0. The number of hydrogen-bond donors (Lipinski definition) is 1. The van der Waals surface area contributed by atoms with Crippen LogP contribution in [0, 0.1) is 6.92 Å². The van der Waals surface area contributed by atoms with Gasteiger partial charge in [0, 0.05) is 32.9 Å². The molecule has 0 saturated carbocycles. The molecule has 0 aliphatic rings. The average molecular weight is 224 g/mol. The lowest BCUT2D eigenvalue weighted by molar-refractivity contribution is 0.619. The van der Waals surface area contributed by atoms with E-state index in [1.807, 2.05) is 7.05 Å². The molecule has 16 heavy (non-hydrogen) atoms. The zero-order valence-electron chi connectivity index (χ0n) is 11.0. The van der Waals surface area contributed by atoms with Crippen molar-refractivity contribution in [1.29, 1.82) is 0 Å². The van der Waals surface area contributed by atoms with Crippen LogP contribution in [0.4, 0.5) is 5.95 Å². The van der Waals surface area contributed by atoms with Gasteiger partial charge in [0.2, 0.25) is 5.95 Å². The normalized spacial score (nSPS) is 10.8. The summed E-state index contributed by atoms with van der Waals surface area (Å²) in [5.74, 6) is 1.08. The molecule has 0 atom stereocenters. The Kier molecular flexibility index (Phi) is 5.32. The molecule has 0 fully saturated rings. The number of nitrogens with zero attached hydrogens (tertiary/aromatic N) is 3. The van der Waals surface area contributed by atoms with E-state index in [1.54, 1.807) is 0 Å². The van der Waals surface area contributed by atoms with E-state index in [2.05, 4.69) is 46.9 Å². The van der Waals surface area contributed by atoms with Gasteiger partial charge in [-0.3, -0.25) is 0 Å². The molecule has 92 valence electrons. The van der Waals surface area contributed by atoms with Gasteiger partial charge < -0.3 is 14.8 Å². The molecule has 4 heteroatoms. The van der Waals surface area contributed by atoms with Crippen molar-refractivity contribution < 1.29 is 0 Å². The lowest BCUT2D eigenvalue weighted by Gasteiger charge is -2.19. The van der Waals surface area contributed by atoms with Crippen LogP contribution < -0.4 is 10.2 Å². The van der Waals surface area contributed by atoms with Crippen LogP contribution in [0.3, 0.4) is 0 Å². The van der Waals surface area contributed by atoms with Crippen LogP contribution in [0.1, 0.15) is 25.5 Å². The van der Waals surface area contributed by atoms with Gasteiger partial charge in [-0.05, 0) is 20.4 Å². The van der Waals surface area contributed by atoms with E-state index in [9.17, 15) is 0 Å². The Hall–Kier alpha value is -1.03. The quantitative estimate of drug-likeness (QED) is 0.764. The first-order chi connectivity index (χ1) is 7.69.